The van der Waals surface area contributed by atoms with Gasteiger partial charge in [-0.3, -0.25) is 4.40 Å². The number of rotatable bonds is 4. The molecule has 0 aliphatic heterocycles. The van der Waals surface area contributed by atoms with Gasteiger partial charge in [0.2, 0.25) is 10.9 Å². The molecule has 2 aromatic heterocycles. The molecule has 0 bridgehead atoms. The molecular weight excluding hydrogens is 416 g/mol. The smallest absolute Gasteiger partial charge is 0.237 e. The molecule has 0 spiro atoms. The van der Waals surface area contributed by atoms with Crippen LogP contribution >= 0.6 is 22.9 Å². The maximum Gasteiger partial charge on any atom is 0.237 e. The zero-order chi connectivity index (χ0) is 20.5. The van der Waals surface area contributed by atoms with Gasteiger partial charge in [-0.25, -0.2) is 4.98 Å². The second-order valence-electron chi connectivity index (χ2n) is 6.57. The Morgan fingerprint density at radius 1 is 0.800 bits per heavy atom. The van der Waals surface area contributed by atoms with E-state index in [1.54, 1.807) is 28.7 Å². The van der Waals surface area contributed by atoms with E-state index in [-0.39, 0.29) is 5.88 Å². The van der Waals surface area contributed by atoms with Crippen molar-refractivity contribution in [1.29, 1.82) is 0 Å². The quantitative estimate of drug-likeness (QED) is 0.300. The molecule has 1 N–H and O–H groups in total. The Hall–Kier alpha value is -3.48. The SMILES string of the molecule is Oc1c(N=Nc2ccc(Cl)cc2)sc2nc(-c3ccccc3)c(-c3ccccc3)n12. The van der Waals surface area contributed by atoms with Crippen molar-refractivity contribution in [2.45, 2.75) is 0 Å². The predicted molar refractivity (Wildman–Crippen MR) is 121 cm³/mol. The monoisotopic (exact) mass is 430 g/mol. The van der Waals surface area contributed by atoms with Gasteiger partial charge in [0.05, 0.1) is 17.1 Å². The Morgan fingerprint density at radius 2 is 1.43 bits per heavy atom. The molecule has 0 aliphatic carbocycles. The maximum absolute atomic E-state index is 11.0. The van der Waals surface area contributed by atoms with Crippen LogP contribution in [-0.4, -0.2) is 14.5 Å². The third kappa shape index (κ3) is 3.36. The van der Waals surface area contributed by atoms with E-state index in [0.717, 1.165) is 22.5 Å². The van der Waals surface area contributed by atoms with Crippen LogP contribution in [0.15, 0.2) is 95.2 Å². The molecule has 0 amide bonds. The largest absolute Gasteiger partial charge is 0.492 e. The highest BCUT2D eigenvalue weighted by Crippen LogP contribution is 2.44. The summed E-state index contributed by atoms with van der Waals surface area (Å²) in [6, 6.07) is 26.9. The van der Waals surface area contributed by atoms with Gasteiger partial charge in [0.25, 0.3) is 0 Å². The van der Waals surface area contributed by atoms with E-state index >= 15 is 0 Å². The van der Waals surface area contributed by atoms with Crippen LogP contribution in [0.3, 0.4) is 0 Å². The molecule has 0 saturated heterocycles. The van der Waals surface area contributed by atoms with Gasteiger partial charge in [0.1, 0.15) is 0 Å². The Morgan fingerprint density at radius 3 is 2.10 bits per heavy atom. The molecule has 5 rings (SSSR count). The number of halogens is 1. The number of benzene rings is 3. The average molecular weight is 431 g/mol. The van der Waals surface area contributed by atoms with Crippen molar-refractivity contribution < 1.29 is 5.11 Å². The first-order chi connectivity index (χ1) is 14.7. The number of aromatic hydroxyl groups is 1. The minimum Gasteiger partial charge on any atom is -0.492 e. The van der Waals surface area contributed by atoms with Crippen LogP contribution in [0.2, 0.25) is 5.02 Å². The van der Waals surface area contributed by atoms with Crippen molar-refractivity contribution in [2.75, 3.05) is 0 Å². The van der Waals surface area contributed by atoms with Crippen LogP contribution in [0.4, 0.5) is 10.7 Å². The van der Waals surface area contributed by atoms with Gasteiger partial charge in [0.15, 0.2) is 4.96 Å². The highest BCUT2D eigenvalue weighted by molar-refractivity contribution is 7.21. The lowest BCUT2D eigenvalue weighted by Crippen LogP contribution is -1.88. The lowest BCUT2D eigenvalue weighted by Gasteiger charge is -2.05. The number of hydrogen-bond donors (Lipinski definition) is 1. The predicted octanol–water partition coefficient (Wildman–Crippen LogP) is 7.50. The van der Waals surface area contributed by atoms with Gasteiger partial charge in [-0.05, 0) is 24.3 Å². The molecule has 3 aromatic carbocycles. The molecule has 0 radical (unpaired) electrons. The summed E-state index contributed by atoms with van der Waals surface area (Å²) in [6.07, 6.45) is 0. The lowest BCUT2D eigenvalue weighted by atomic mass is 10.1. The van der Waals surface area contributed by atoms with Crippen molar-refractivity contribution in [2.24, 2.45) is 10.2 Å². The first-order valence-electron chi connectivity index (χ1n) is 9.23. The number of hydrogen-bond acceptors (Lipinski definition) is 5. The first kappa shape index (κ1) is 18.5. The number of fused-ring (bicyclic) bond motifs is 1. The standard InChI is InChI=1S/C23H15ClN4OS/c24-17-11-13-18(14-12-17)26-27-21-22(29)28-20(16-9-5-2-6-10-16)19(25-23(28)30-21)15-7-3-1-4-8-15/h1-14,29H. The molecule has 0 unspecified atom stereocenters. The van der Waals surface area contributed by atoms with Crippen LogP contribution in [-0.2, 0) is 0 Å². The Balaban J connectivity index is 1.66. The highest BCUT2D eigenvalue weighted by atomic mass is 35.5. The molecule has 0 aliphatic rings. The molecule has 0 fully saturated rings. The number of imidazole rings is 1. The third-order valence-electron chi connectivity index (χ3n) is 4.62. The van der Waals surface area contributed by atoms with Gasteiger partial charge in [-0.15, -0.1) is 10.2 Å². The molecule has 7 heteroatoms. The summed E-state index contributed by atoms with van der Waals surface area (Å²) >= 11 is 7.20. The number of aromatic nitrogens is 2. The van der Waals surface area contributed by atoms with Crippen molar-refractivity contribution >= 4 is 38.6 Å². The second kappa shape index (κ2) is 7.74. The highest BCUT2D eigenvalue weighted by Gasteiger charge is 2.22. The zero-order valence-electron chi connectivity index (χ0n) is 15.6. The average Bonchev–Trinajstić information content (AvgIpc) is 3.31. The van der Waals surface area contributed by atoms with Crippen molar-refractivity contribution in [3.63, 3.8) is 0 Å². The molecule has 5 nitrogen and oxygen atoms in total. The summed E-state index contributed by atoms with van der Waals surface area (Å²) in [7, 11) is 0. The lowest BCUT2D eigenvalue weighted by molar-refractivity contribution is 0.451. The van der Waals surface area contributed by atoms with Crippen LogP contribution in [0, 0.1) is 0 Å². The fourth-order valence-electron chi connectivity index (χ4n) is 3.23. The molecule has 30 heavy (non-hydrogen) atoms. The summed E-state index contributed by atoms with van der Waals surface area (Å²) in [4.78, 5) is 5.46. The first-order valence-corrected chi connectivity index (χ1v) is 10.4. The van der Waals surface area contributed by atoms with Gasteiger partial charge < -0.3 is 5.11 Å². The molecule has 146 valence electrons. The molecule has 5 aromatic rings. The van der Waals surface area contributed by atoms with E-state index in [2.05, 4.69) is 10.2 Å². The van der Waals surface area contributed by atoms with E-state index in [1.165, 1.54) is 11.3 Å². The van der Waals surface area contributed by atoms with E-state index in [4.69, 9.17) is 16.6 Å². The van der Waals surface area contributed by atoms with E-state index in [0.29, 0.717) is 20.7 Å². The van der Waals surface area contributed by atoms with Crippen LogP contribution in [0.25, 0.3) is 27.5 Å². The summed E-state index contributed by atoms with van der Waals surface area (Å²) < 4.78 is 1.73. The van der Waals surface area contributed by atoms with Crippen molar-refractivity contribution in [3.05, 3.63) is 90.0 Å². The molecular formula is C23H15ClN4OS. The van der Waals surface area contributed by atoms with E-state index < -0.39 is 0 Å². The van der Waals surface area contributed by atoms with E-state index in [1.807, 2.05) is 60.7 Å². The van der Waals surface area contributed by atoms with E-state index in [9.17, 15) is 5.11 Å². The molecule has 0 atom stereocenters. The van der Waals surface area contributed by atoms with Gasteiger partial charge in [-0.2, -0.15) is 0 Å². The number of nitrogens with zero attached hydrogens (tertiary/aromatic N) is 4. The zero-order valence-corrected chi connectivity index (χ0v) is 17.2. The maximum atomic E-state index is 11.0. The number of azo groups is 1. The second-order valence-corrected chi connectivity index (χ2v) is 7.96. The fourth-order valence-corrected chi connectivity index (χ4v) is 4.20. The number of thiazole rings is 1. The van der Waals surface area contributed by atoms with Crippen LogP contribution in [0.5, 0.6) is 5.88 Å². The normalized spacial score (nSPS) is 11.5. The van der Waals surface area contributed by atoms with Gasteiger partial charge in [0, 0.05) is 16.1 Å². The van der Waals surface area contributed by atoms with Crippen molar-refractivity contribution in [1.82, 2.24) is 9.38 Å². The summed E-state index contributed by atoms with van der Waals surface area (Å²) in [5, 5.41) is 20.5. The molecule has 0 saturated carbocycles. The summed E-state index contributed by atoms with van der Waals surface area (Å²) in [5.41, 5.74) is 4.22. The summed E-state index contributed by atoms with van der Waals surface area (Å²) in [6.45, 7) is 0. The van der Waals surface area contributed by atoms with Crippen LogP contribution in [0.1, 0.15) is 0 Å². The minimum atomic E-state index is 0.0150. The Kier molecular flexibility index (Phi) is 4.78. The van der Waals surface area contributed by atoms with Crippen molar-refractivity contribution in [3.8, 4) is 28.4 Å². The van der Waals surface area contributed by atoms with Crippen LogP contribution < -0.4 is 0 Å². The minimum absolute atomic E-state index is 0.0150. The van der Waals surface area contributed by atoms with Gasteiger partial charge in [-0.1, -0.05) is 83.6 Å². The molecule has 2 heterocycles. The topological polar surface area (TPSA) is 62.2 Å². The fraction of sp³-hybridized carbons (Fsp3) is 0. The Bertz CT molecular complexity index is 1340. The van der Waals surface area contributed by atoms with Gasteiger partial charge >= 0.3 is 0 Å². The third-order valence-corrected chi connectivity index (χ3v) is 5.78. The summed E-state index contributed by atoms with van der Waals surface area (Å²) in [5.74, 6) is 0.0150. The Labute approximate surface area is 181 Å².